The molecule has 156 valence electrons. The van der Waals surface area contributed by atoms with Crippen LogP contribution in [0.5, 0.6) is 5.75 Å². The van der Waals surface area contributed by atoms with E-state index in [9.17, 15) is 13.2 Å². The molecular weight excluding hydrogens is 378 g/mol. The van der Waals surface area contributed by atoms with Crippen LogP contribution >= 0.6 is 0 Å². The van der Waals surface area contributed by atoms with E-state index in [1.807, 2.05) is 0 Å². The predicted molar refractivity (Wildman–Crippen MR) is 108 cm³/mol. The van der Waals surface area contributed by atoms with Crippen LogP contribution in [0.3, 0.4) is 0 Å². The van der Waals surface area contributed by atoms with Crippen LogP contribution < -0.4 is 4.74 Å². The minimum Gasteiger partial charge on any atom is -0.487 e. The number of hydrogen-bond donors (Lipinski definition) is 0. The number of benzene rings is 1. The van der Waals surface area contributed by atoms with E-state index in [4.69, 9.17) is 4.74 Å². The summed E-state index contributed by atoms with van der Waals surface area (Å²) < 4.78 is 34.6. The maximum atomic E-state index is 13.5. The van der Waals surface area contributed by atoms with Crippen LogP contribution in [0.15, 0.2) is 29.2 Å². The fourth-order valence-corrected chi connectivity index (χ4v) is 5.74. The smallest absolute Gasteiger partial charge is 0.247 e. The third-order valence-electron chi connectivity index (χ3n) is 5.40. The molecule has 0 N–H and O–H groups in total. The summed E-state index contributed by atoms with van der Waals surface area (Å²) in [6.07, 6.45) is 1.10. The Morgan fingerprint density at radius 3 is 2.57 bits per heavy atom. The number of para-hydroxylation sites is 1. The van der Waals surface area contributed by atoms with Gasteiger partial charge < -0.3 is 14.5 Å². The van der Waals surface area contributed by atoms with Crippen LogP contribution in [0.2, 0.25) is 0 Å². The Morgan fingerprint density at radius 1 is 1.21 bits per heavy atom. The molecule has 0 unspecified atom stereocenters. The van der Waals surface area contributed by atoms with E-state index < -0.39 is 10.0 Å². The van der Waals surface area contributed by atoms with E-state index in [0.717, 1.165) is 26.1 Å². The molecule has 8 heteroatoms. The molecule has 0 bridgehead atoms. The molecule has 28 heavy (non-hydrogen) atoms. The lowest BCUT2D eigenvalue weighted by molar-refractivity contribution is -0.129. The molecule has 0 aliphatic carbocycles. The number of amides is 1. The molecule has 2 heterocycles. The quantitative estimate of drug-likeness (QED) is 0.756. The number of ether oxygens (including phenoxy) is 1. The molecule has 1 aromatic carbocycles. The van der Waals surface area contributed by atoms with E-state index in [0.29, 0.717) is 18.1 Å². The summed E-state index contributed by atoms with van der Waals surface area (Å²) in [5.41, 5.74) is 0. The van der Waals surface area contributed by atoms with Crippen LogP contribution in [0.1, 0.15) is 26.7 Å². The second-order valence-corrected chi connectivity index (χ2v) is 10.1. The molecule has 1 saturated heterocycles. The van der Waals surface area contributed by atoms with Gasteiger partial charge >= 0.3 is 0 Å². The standard InChI is InChI=1S/C20H31N3O4S/c1-15(2)13-22-11-9-16-17(10-12-22)27-18-7-5-6-8-19(18)28(25,26)23(16)14-20(24)21(3)4/h5-8,15-17H,9-14H2,1-4H3/t16-,17-/m1/s1. The van der Waals surface area contributed by atoms with Gasteiger partial charge in [0.25, 0.3) is 0 Å². The van der Waals surface area contributed by atoms with E-state index in [1.54, 1.807) is 38.4 Å². The number of carbonyl (C=O) groups excluding carboxylic acids is 1. The highest BCUT2D eigenvalue weighted by Gasteiger charge is 2.44. The molecule has 1 amide bonds. The Balaban J connectivity index is 1.99. The number of fused-ring (bicyclic) bond motifs is 2. The van der Waals surface area contributed by atoms with Crippen LogP contribution in [0.4, 0.5) is 0 Å². The number of rotatable bonds is 4. The fourth-order valence-electron chi connectivity index (χ4n) is 3.99. The van der Waals surface area contributed by atoms with Crippen molar-refractivity contribution in [1.82, 2.24) is 14.1 Å². The molecule has 2 aliphatic heterocycles. The third kappa shape index (κ3) is 4.34. The first-order chi connectivity index (χ1) is 13.2. The number of carbonyl (C=O) groups is 1. The van der Waals surface area contributed by atoms with Crippen molar-refractivity contribution in [2.45, 2.75) is 43.7 Å². The van der Waals surface area contributed by atoms with E-state index in [2.05, 4.69) is 18.7 Å². The lowest BCUT2D eigenvalue weighted by Gasteiger charge is -2.32. The van der Waals surface area contributed by atoms with E-state index in [1.165, 1.54) is 9.21 Å². The molecule has 2 aliphatic rings. The Labute approximate surface area is 168 Å². The minimum absolute atomic E-state index is 0.147. The number of sulfonamides is 1. The van der Waals surface area contributed by atoms with Gasteiger partial charge in [-0.2, -0.15) is 4.31 Å². The van der Waals surface area contributed by atoms with Gasteiger partial charge in [0.2, 0.25) is 15.9 Å². The van der Waals surface area contributed by atoms with Crippen LogP contribution in [-0.2, 0) is 14.8 Å². The number of likely N-dealkylation sites (tertiary alicyclic amines) is 1. The lowest BCUT2D eigenvalue weighted by atomic mass is 10.1. The monoisotopic (exact) mass is 409 g/mol. The Hall–Kier alpha value is -1.64. The summed E-state index contributed by atoms with van der Waals surface area (Å²) in [5, 5.41) is 0. The zero-order valence-electron chi connectivity index (χ0n) is 17.2. The number of likely N-dealkylation sites (N-methyl/N-ethyl adjacent to an activating group) is 1. The molecule has 0 spiro atoms. The highest BCUT2D eigenvalue weighted by molar-refractivity contribution is 7.89. The molecule has 7 nitrogen and oxygen atoms in total. The average Bonchev–Trinajstić information content (AvgIpc) is 2.85. The van der Waals surface area contributed by atoms with E-state index >= 15 is 0 Å². The summed E-state index contributed by atoms with van der Waals surface area (Å²) in [6.45, 7) is 6.82. The topological polar surface area (TPSA) is 70.2 Å². The molecule has 3 rings (SSSR count). The van der Waals surface area contributed by atoms with Crippen LogP contribution in [-0.4, -0.2) is 80.9 Å². The Morgan fingerprint density at radius 2 is 1.89 bits per heavy atom. The highest BCUT2D eigenvalue weighted by atomic mass is 32.2. The van der Waals surface area contributed by atoms with Gasteiger partial charge in [-0.05, 0) is 37.4 Å². The van der Waals surface area contributed by atoms with E-state index in [-0.39, 0.29) is 29.5 Å². The predicted octanol–water partition coefficient (Wildman–Crippen LogP) is 1.65. The molecular formula is C20H31N3O4S. The van der Waals surface area contributed by atoms with Crippen molar-refractivity contribution in [1.29, 1.82) is 0 Å². The maximum Gasteiger partial charge on any atom is 0.247 e. The molecule has 0 aromatic heterocycles. The second kappa shape index (κ2) is 8.39. The first-order valence-electron chi connectivity index (χ1n) is 9.90. The molecule has 2 atom stereocenters. The average molecular weight is 410 g/mol. The molecule has 0 radical (unpaired) electrons. The first-order valence-corrected chi connectivity index (χ1v) is 11.3. The van der Waals surface area contributed by atoms with Crippen LogP contribution in [0.25, 0.3) is 0 Å². The molecule has 0 saturated carbocycles. The van der Waals surface area contributed by atoms with Crippen molar-refractivity contribution in [2.24, 2.45) is 5.92 Å². The third-order valence-corrected chi connectivity index (χ3v) is 7.31. The van der Waals surface area contributed by atoms with Crippen molar-refractivity contribution < 1.29 is 17.9 Å². The number of hydrogen-bond acceptors (Lipinski definition) is 5. The minimum atomic E-state index is -3.83. The Bertz CT molecular complexity index is 809. The SMILES string of the molecule is CC(C)CN1CC[C@@H]2[C@@H](CC1)Oc1ccccc1S(=O)(=O)N2CC(=O)N(C)C. The zero-order chi connectivity index (χ0) is 20.5. The lowest BCUT2D eigenvalue weighted by Crippen LogP contribution is -2.50. The zero-order valence-corrected chi connectivity index (χ0v) is 18.0. The summed E-state index contributed by atoms with van der Waals surface area (Å²) >= 11 is 0. The summed E-state index contributed by atoms with van der Waals surface area (Å²) in [6, 6.07) is 6.38. The van der Waals surface area contributed by atoms with Gasteiger partial charge in [0, 0.05) is 27.2 Å². The van der Waals surface area contributed by atoms with Crippen LogP contribution in [0, 0.1) is 5.92 Å². The number of nitrogens with zero attached hydrogens (tertiary/aromatic N) is 3. The summed E-state index contributed by atoms with van der Waals surface area (Å²) in [4.78, 5) is 16.4. The van der Waals surface area contributed by atoms with Gasteiger partial charge in [-0.3, -0.25) is 4.79 Å². The van der Waals surface area contributed by atoms with Gasteiger partial charge in [0.1, 0.15) is 16.7 Å². The van der Waals surface area contributed by atoms with Crippen molar-refractivity contribution in [3.63, 3.8) is 0 Å². The van der Waals surface area contributed by atoms with Crippen molar-refractivity contribution >= 4 is 15.9 Å². The Kier molecular flexibility index (Phi) is 6.31. The van der Waals surface area contributed by atoms with Gasteiger partial charge in [-0.15, -0.1) is 0 Å². The van der Waals surface area contributed by atoms with Gasteiger partial charge in [-0.1, -0.05) is 26.0 Å². The van der Waals surface area contributed by atoms with Crippen molar-refractivity contribution in [3.05, 3.63) is 24.3 Å². The molecule has 1 fully saturated rings. The van der Waals surface area contributed by atoms with Crippen molar-refractivity contribution in [2.75, 3.05) is 40.3 Å². The van der Waals surface area contributed by atoms with Gasteiger partial charge in [0.05, 0.1) is 12.6 Å². The maximum absolute atomic E-state index is 13.5. The normalized spacial score (nSPS) is 25.2. The first kappa shape index (κ1) is 21.1. The fraction of sp³-hybridized carbons (Fsp3) is 0.650. The second-order valence-electron chi connectivity index (χ2n) is 8.28. The summed E-state index contributed by atoms with van der Waals surface area (Å²) in [7, 11) is -0.543. The van der Waals surface area contributed by atoms with Gasteiger partial charge in [0.15, 0.2) is 0 Å². The highest BCUT2D eigenvalue weighted by Crippen LogP contribution is 2.36. The van der Waals surface area contributed by atoms with Gasteiger partial charge in [-0.25, -0.2) is 8.42 Å². The summed E-state index contributed by atoms with van der Waals surface area (Å²) in [5.74, 6) is 0.694. The van der Waals surface area contributed by atoms with Crippen molar-refractivity contribution in [3.8, 4) is 5.75 Å². The largest absolute Gasteiger partial charge is 0.487 e. The molecule has 1 aromatic rings.